The van der Waals surface area contributed by atoms with Crippen LogP contribution >= 0.6 is 11.6 Å². The number of benzene rings is 3. The van der Waals surface area contributed by atoms with Crippen molar-refractivity contribution in [2.75, 3.05) is 5.32 Å². The van der Waals surface area contributed by atoms with E-state index >= 15 is 0 Å². The van der Waals surface area contributed by atoms with E-state index in [1.807, 2.05) is 60.7 Å². The number of carbonyl (C=O) groups is 2. The Morgan fingerprint density at radius 3 is 2.14 bits per heavy atom. The SMILES string of the molecule is Cc1noc(-c2ccc(-c3ccc(C(C)(C)C(=O)O)cc3)cc2)c1NC(=O)O[C@H](C)c1ccccc1Cl. The first-order valence-corrected chi connectivity index (χ1v) is 12.1. The monoisotopic (exact) mass is 518 g/mol. The first-order chi connectivity index (χ1) is 17.6. The highest BCUT2D eigenvalue weighted by atomic mass is 35.5. The van der Waals surface area contributed by atoms with Gasteiger partial charge in [-0.25, -0.2) is 4.79 Å². The van der Waals surface area contributed by atoms with Gasteiger partial charge < -0.3 is 14.4 Å². The van der Waals surface area contributed by atoms with E-state index in [1.165, 1.54) is 0 Å². The number of hydrogen-bond donors (Lipinski definition) is 2. The van der Waals surface area contributed by atoms with E-state index in [1.54, 1.807) is 39.8 Å². The van der Waals surface area contributed by atoms with Crippen LogP contribution in [0.1, 0.15) is 43.7 Å². The van der Waals surface area contributed by atoms with Crippen molar-refractivity contribution in [1.29, 1.82) is 0 Å². The maximum absolute atomic E-state index is 12.6. The topological polar surface area (TPSA) is 102 Å². The predicted molar refractivity (Wildman–Crippen MR) is 143 cm³/mol. The lowest BCUT2D eigenvalue weighted by Gasteiger charge is -2.19. The molecule has 1 aromatic heterocycles. The Hall–Kier alpha value is -4.10. The molecule has 0 aliphatic rings. The van der Waals surface area contributed by atoms with Crippen molar-refractivity contribution in [3.63, 3.8) is 0 Å². The summed E-state index contributed by atoms with van der Waals surface area (Å²) in [7, 11) is 0. The second kappa shape index (κ2) is 10.5. The van der Waals surface area contributed by atoms with Crippen molar-refractivity contribution in [3.05, 3.63) is 94.6 Å². The van der Waals surface area contributed by atoms with Gasteiger partial charge in [0.15, 0.2) is 5.76 Å². The molecule has 7 nitrogen and oxygen atoms in total. The number of aryl methyl sites for hydroxylation is 1. The Morgan fingerprint density at radius 2 is 1.54 bits per heavy atom. The average Bonchev–Trinajstić information content (AvgIpc) is 3.24. The fraction of sp³-hybridized carbons (Fsp3) is 0.207. The van der Waals surface area contributed by atoms with Gasteiger partial charge in [0.05, 0.1) is 5.41 Å². The molecule has 190 valence electrons. The predicted octanol–water partition coefficient (Wildman–Crippen LogP) is 7.64. The minimum absolute atomic E-state index is 0.407. The summed E-state index contributed by atoms with van der Waals surface area (Å²) >= 11 is 6.21. The molecule has 1 atom stereocenters. The van der Waals surface area contributed by atoms with Crippen LogP contribution in [-0.4, -0.2) is 22.3 Å². The van der Waals surface area contributed by atoms with Gasteiger partial charge in [0.2, 0.25) is 0 Å². The molecule has 1 amide bonds. The third kappa shape index (κ3) is 5.52. The quantitative estimate of drug-likeness (QED) is 0.260. The van der Waals surface area contributed by atoms with Gasteiger partial charge >= 0.3 is 12.1 Å². The maximum Gasteiger partial charge on any atom is 0.412 e. The highest BCUT2D eigenvalue weighted by Gasteiger charge is 2.29. The first-order valence-electron chi connectivity index (χ1n) is 11.7. The number of aromatic nitrogens is 1. The van der Waals surface area contributed by atoms with E-state index in [0.717, 1.165) is 22.3 Å². The molecule has 0 fully saturated rings. The normalized spacial score (nSPS) is 12.1. The average molecular weight is 519 g/mol. The molecule has 0 saturated carbocycles. The van der Waals surface area contributed by atoms with Crippen LogP contribution in [0.3, 0.4) is 0 Å². The standard InChI is InChI=1S/C29H27ClN2O5/c1-17-25(31-28(35)36-18(2)23-7-5-6-8-24(23)30)26(37-32-17)21-11-9-19(10-12-21)20-13-15-22(16-14-20)29(3,4)27(33)34/h5-16,18H,1-4H3,(H,31,35)(H,33,34)/t18-/m1/s1. The number of aliphatic carboxylic acids is 1. The van der Waals surface area contributed by atoms with Crippen molar-refractivity contribution < 1.29 is 24.0 Å². The van der Waals surface area contributed by atoms with Crippen molar-refractivity contribution in [3.8, 4) is 22.5 Å². The molecule has 0 spiro atoms. The Balaban J connectivity index is 1.50. The second-order valence-electron chi connectivity index (χ2n) is 9.25. The van der Waals surface area contributed by atoms with Gasteiger partial charge in [-0.1, -0.05) is 83.5 Å². The summed E-state index contributed by atoms with van der Waals surface area (Å²) in [5.41, 5.74) is 4.01. The molecule has 0 aliphatic heterocycles. The van der Waals surface area contributed by atoms with E-state index in [9.17, 15) is 14.7 Å². The second-order valence-corrected chi connectivity index (χ2v) is 9.66. The summed E-state index contributed by atoms with van der Waals surface area (Å²) in [5, 5.41) is 16.7. The molecule has 0 aliphatic carbocycles. The summed E-state index contributed by atoms with van der Waals surface area (Å²) in [6.07, 6.45) is -1.20. The minimum Gasteiger partial charge on any atom is -0.481 e. The lowest BCUT2D eigenvalue weighted by molar-refractivity contribution is -0.142. The van der Waals surface area contributed by atoms with Crippen LogP contribution in [0.4, 0.5) is 10.5 Å². The van der Waals surface area contributed by atoms with Gasteiger partial charge in [-0.15, -0.1) is 0 Å². The number of nitrogens with one attached hydrogen (secondary N) is 1. The van der Waals surface area contributed by atoms with Gasteiger partial charge in [0.1, 0.15) is 17.5 Å². The highest BCUT2D eigenvalue weighted by Crippen LogP contribution is 2.34. The van der Waals surface area contributed by atoms with Gasteiger partial charge in [-0.2, -0.15) is 0 Å². The Bertz CT molecular complexity index is 1430. The van der Waals surface area contributed by atoms with E-state index in [2.05, 4.69) is 10.5 Å². The highest BCUT2D eigenvalue weighted by molar-refractivity contribution is 6.31. The zero-order valence-corrected chi connectivity index (χ0v) is 21.7. The van der Waals surface area contributed by atoms with Gasteiger partial charge in [-0.05, 0) is 50.5 Å². The molecule has 1 heterocycles. The molecule has 8 heteroatoms. The van der Waals surface area contributed by atoms with E-state index in [-0.39, 0.29) is 0 Å². The molecule has 2 N–H and O–H groups in total. The summed E-state index contributed by atoms with van der Waals surface area (Å²) in [6, 6.07) is 22.2. The van der Waals surface area contributed by atoms with Gasteiger partial charge in [0, 0.05) is 16.1 Å². The molecule has 0 unspecified atom stereocenters. The van der Waals surface area contributed by atoms with Crippen LogP contribution < -0.4 is 5.32 Å². The Labute approximate surface area is 220 Å². The molecular weight excluding hydrogens is 492 g/mol. The zero-order valence-electron chi connectivity index (χ0n) is 20.9. The lowest BCUT2D eigenvalue weighted by atomic mass is 9.84. The molecule has 0 bridgehead atoms. The van der Waals surface area contributed by atoms with Crippen LogP contribution in [0.15, 0.2) is 77.3 Å². The van der Waals surface area contributed by atoms with Crippen LogP contribution in [0.25, 0.3) is 22.5 Å². The third-order valence-electron chi connectivity index (χ3n) is 6.34. The van der Waals surface area contributed by atoms with E-state index < -0.39 is 23.6 Å². The third-order valence-corrected chi connectivity index (χ3v) is 6.68. The molecule has 4 aromatic rings. The maximum atomic E-state index is 12.6. The number of nitrogens with zero attached hydrogens (tertiary/aromatic N) is 1. The summed E-state index contributed by atoms with van der Waals surface area (Å²) in [4.78, 5) is 24.2. The zero-order chi connectivity index (χ0) is 26.7. The number of hydrogen-bond acceptors (Lipinski definition) is 5. The molecule has 0 radical (unpaired) electrons. The first kappa shape index (κ1) is 26.0. The van der Waals surface area contributed by atoms with Crippen LogP contribution in [0, 0.1) is 6.92 Å². The lowest BCUT2D eigenvalue weighted by Crippen LogP contribution is -2.28. The number of carbonyl (C=O) groups excluding carboxylic acids is 1. The molecular formula is C29H27ClN2O5. The van der Waals surface area contributed by atoms with E-state index in [4.69, 9.17) is 20.9 Å². The summed E-state index contributed by atoms with van der Waals surface area (Å²) in [5.74, 6) is -0.469. The molecule has 0 saturated heterocycles. The van der Waals surface area contributed by atoms with Crippen LogP contribution in [0.5, 0.6) is 0 Å². The van der Waals surface area contributed by atoms with Crippen molar-refractivity contribution in [2.24, 2.45) is 0 Å². The van der Waals surface area contributed by atoms with Gasteiger partial charge in [0.25, 0.3) is 0 Å². The Morgan fingerprint density at radius 1 is 0.973 bits per heavy atom. The van der Waals surface area contributed by atoms with Crippen molar-refractivity contribution in [2.45, 2.75) is 39.2 Å². The largest absolute Gasteiger partial charge is 0.481 e. The molecule has 4 rings (SSSR count). The fourth-order valence-electron chi connectivity index (χ4n) is 3.89. The Kier molecular flexibility index (Phi) is 7.36. The van der Waals surface area contributed by atoms with E-state index in [0.29, 0.717) is 27.7 Å². The number of anilines is 1. The van der Waals surface area contributed by atoms with Crippen molar-refractivity contribution >= 4 is 29.4 Å². The van der Waals surface area contributed by atoms with Gasteiger partial charge in [-0.3, -0.25) is 10.1 Å². The fourth-order valence-corrected chi connectivity index (χ4v) is 4.18. The number of rotatable bonds is 7. The van der Waals surface area contributed by atoms with Crippen LogP contribution in [0.2, 0.25) is 5.02 Å². The van der Waals surface area contributed by atoms with Crippen molar-refractivity contribution in [1.82, 2.24) is 5.16 Å². The number of carboxylic acid groups (broad SMARTS) is 1. The minimum atomic E-state index is -0.970. The number of carboxylic acids is 1. The smallest absolute Gasteiger partial charge is 0.412 e. The summed E-state index contributed by atoms with van der Waals surface area (Å²) in [6.45, 7) is 6.83. The number of halogens is 1. The summed E-state index contributed by atoms with van der Waals surface area (Å²) < 4.78 is 11.0. The molecule has 3 aromatic carbocycles. The number of amides is 1. The number of ether oxygens (including phenoxy) is 1. The van der Waals surface area contributed by atoms with Crippen LogP contribution in [-0.2, 0) is 14.9 Å². The molecule has 37 heavy (non-hydrogen) atoms.